The SMILES string of the molecule is CCCCCCCCC(C=O)C12CC3CC(CC(C3)C1)C2. The fourth-order valence-corrected chi connectivity index (χ4v) is 6.29. The number of unbranched alkanes of at least 4 members (excludes halogenated alkanes) is 5. The fraction of sp³-hybridized carbons (Fsp3) is 0.950. The van der Waals surface area contributed by atoms with E-state index < -0.39 is 0 Å². The smallest absolute Gasteiger partial charge is 0.123 e. The summed E-state index contributed by atoms with van der Waals surface area (Å²) in [7, 11) is 0. The molecule has 0 heterocycles. The van der Waals surface area contributed by atoms with Crippen LogP contribution in [0.25, 0.3) is 0 Å². The van der Waals surface area contributed by atoms with Crippen LogP contribution in [0, 0.1) is 29.1 Å². The van der Waals surface area contributed by atoms with Crippen LogP contribution in [0.1, 0.15) is 90.4 Å². The van der Waals surface area contributed by atoms with Gasteiger partial charge in [-0.05, 0) is 68.1 Å². The van der Waals surface area contributed by atoms with Crippen LogP contribution in [0.3, 0.4) is 0 Å². The van der Waals surface area contributed by atoms with Gasteiger partial charge in [-0.3, -0.25) is 0 Å². The van der Waals surface area contributed by atoms with E-state index in [0.29, 0.717) is 11.3 Å². The molecular weight excluding hydrogens is 256 g/mol. The summed E-state index contributed by atoms with van der Waals surface area (Å²) in [5.41, 5.74) is 0.444. The van der Waals surface area contributed by atoms with Gasteiger partial charge in [0.15, 0.2) is 0 Å². The summed E-state index contributed by atoms with van der Waals surface area (Å²) in [4.78, 5) is 11.8. The molecule has 0 spiro atoms. The molecule has 0 amide bonds. The van der Waals surface area contributed by atoms with E-state index in [0.717, 1.165) is 17.8 Å². The van der Waals surface area contributed by atoms with Crippen molar-refractivity contribution in [1.82, 2.24) is 0 Å². The van der Waals surface area contributed by atoms with E-state index in [2.05, 4.69) is 6.92 Å². The fourth-order valence-electron chi connectivity index (χ4n) is 6.29. The summed E-state index contributed by atoms with van der Waals surface area (Å²) in [6.45, 7) is 2.27. The van der Waals surface area contributed by atoms with E-state index in [-0.39, 0.29) is 0 Å². The molecule has 4 bridgehead atoms. The molecule has 0 radical (unpaired) electrons. The largest absolute Gasteiger partial charge is 0.303 e. The standard InChI is InChI=1S/C20H34O/c1-2-3-4-5-6-7-8-19(15-21)20-12-16-9-17(13-20)11-18(10-16)14-20/h15-19H,2-14H2,1H3. The first-order chi connectivity index (χ1) is 10.3. The molecule has 120 valence electrons. The average Bonchev–Trinajstić information content (AvgIpc) is 2.45. The highest BCUT2D eigenvalue weighted by molar-refractivity contribution is 5.55. The van der Waals surface area contributed by atoms with Crippen LogP contribution in [-0.2, 0) is 4.79 Å². The van der Waals surface area contributed by atoms with Crippen LogP contribution >= 0.6 is 0 Å². The number of carbonyl (C=O) groups is 1. The molecule has 0 aromatic rings. The Bertz CT molecular complexity index is 310. The highest BCUT2D eigenvalue weighted by Gasteiger charge is 2.53. The molecule has 0 aliphatic heterocycles. The van der Waals surface area contributed by atoms with Crippen molar-refractivity contribution in [2.24, 2.45) is 29.1 Å². The second-order valence-electron chi connectivity index (χ2n) is 8.58. The molecule has 4 rings (SSSR count). The summed E-state index contributed by atoms with van der Waals surface area (Å²) in [5.74, 6) is 3.31. The quantitative estimate of drug-likeness (QED) is 0.389. The van der Waals surface area contributed by atoms with Gasteiger partial charge in [-0.25, -0.2) is 0 Å². The van der Waals surface area contributed by atoms with E-state index >= 15 is 0 Å². The molecule has 1 unspecified atom stereocenters. The predicted octanol–water partition coefficient (Wildman–Crippen LogP) is 5.77. The minimum Gasteiger partial charge on any atom is -0.303 e. The summed E-state index contributed by atoms with van der Waals surface area (Å²) in [6.07, 6.45) is 19.3. The van der Waals surface area contributed by atoms with E-state index in [4.69, 9.17) is 0 Å². The van der Waals surface area contributed by atoms with Gasteiger partial charge in [0.1, 0.15) is 6.29 Å². The van der Waals surface area contributed by atoms with E-state index in [1.807, 2.05) is 0 Å². The minimum atomic E-state index is 0.386. The Morgan fingerprint density at radius 3 is 1.95 bits per heavy atom. The van der Waals surface area contributed by atoms with Crippen LogP contribution in [0.4, 0.5) is 0 Å². The molecule has 4 aliphatic rings. The Balaban J connectivity index is 1.50. The van der Waals surface area contributed by atoms with Crippen LogP contribution in [0.5, 0.6) is 0 Å². The molecule has 0 saturated heterocycles. The maximum absolute atomic E-state index is 11.8. The van der Waals surface area contributed by atoms with Crippen molar-refractivity contribution in [2.45, 2.75) is 90.4 Å². The number of hydrogen-bond donors (Lipinski definition) is 0. The Morgan fingerprint density at radius 2 is 1.43 bits per heavy atom. The lowest BCUT2D eigenvalue weighted by Gasteiger charge is -2.58. The third-order valence-corrected chi connectivity index (χ3v) is 6.91. The normalized spacial score (nSPS) is 38.6. The second kappa shape index (κ2) is 6.84. The maximum Gasteiger partial charge on any atom is 0.123 e. The first-order valence-corrected chi connectivity index (χ1v) is 9.71. The number of rotatable bonds is 9. The van der Waals surface area contributed by atoms with Crippen molar-refractivity contribution < 1.29 is 4.79 Å². The van der Waals surface area contributed by atoms with Crippen LogP contribution < -0.4 is 0 Å². The molecule has 21 heavy (non-hydrogen) atoms. The maximum atomic E-state index is 11.8. The lowest BCUT2D eigenvalue weighted by molar-refractivity contribution is -0.128. The lowest BCUT2D eigenvalue weighted by Crippen LogP contribution is -2.50. The van der Waals surface area contributed by atoms with Gasteiger partial charge in [-0.2, -0.15) is 0 Å². The van der Waals surface area contributed by atoms with Crippen molar-refractivity contribution in [3.05, 3.63) is 0 Å². The summed E-state index contributed by atoms with van der Waals surface area (Å²) >= 11 is 0. The van der Waals surface area contributed by atoms with Gasteiger partial charge in [-0.15, -0.1) is 0 Å². The third-order valence-electron chi connectivity index (χ3n) is 6.91. The molecule has 0 aromatic carbocycles. The predicted molar refractivity (Wildman–Crippen MR) is 88.2 cm³/mol. The van der Waals surface area contributed by atoms with Gasteiger partial charge in [-0.1, -0.05) is 45.4 Å². The number of hydrogen-bond acceptors (Lipinski definition) is 1. The molecule has 4 saturated carbocycles. The van der Waals surface area contributed by atoms with Crippen LogP contribution in [0.2, 0.25) is 0 Å². The average molecular weight is 290 g/mol. The molecular formula is C20H34O. The Kier molecular flexibility index (Phi) is 5.07. The third kappa shape index (κ3) is 3.37. The first-order valence-electron chi connectivity index (χ1n) is 9.71. The summed E-state index contributed by atoms with van der Waals surface area (Å²) in [6, 6.07) is 0. The molecule has 1 nitrogen and oxygen atoms in total. The van der Waals surface area contributed by atoms with Crippen molar-refractivity contribution >= 4 is 6.29 Å². The molecule has 1 atom stereocenters. The van der Waals surface area contributed by atoms with Crippen molar-refractivity contribution in [2.75, 3.05) is 0 Å². The lowest BCUT2D eigenvalue weighted by atomic mass is 9.46. The van der Waals surface area contributed by atoms with Gasteiger partial charge in [0.2, 0.25) is 0 Å². The zero-order chi connectivity index (χ0) is 14.7. The second-order valence-corrected chi connectivity index (χ2v) is 8.58. The zero-order valence-electron chi connectivity index (χ0n) is 14.0. The number of carbonyl (C=O) groups excluding carboxylic acids is 1. The van der Waals surface area contributed by atoms with E-state index in [1.165, 1.54) is 89.8 Å². The van der Waals surface area contributed by atoms with Crippen molar-refractivity contribution in [3.63, 3.8) is 0 Å². The summed E-state index contributed by atoms with van der Waals surface area (Å²) in [5, 5.41) is 0. The highest BCUT2D eigenvalue weighted by Crippen LogP contribution is 2.63. The summed E-state index contributed by atoms with van der Waals surface area (Å²) < 4.78 is 0. The van der Waals surface area contributed by atoms with Gasteiger partial charge in [0.05, 0.1) is 0 Å². The minimum absolute atomic E-state index is 0.386. The topological polar surface area (TPSA) is 17.1 Å². The molecule has 0 N–H and O–H groups in total. The highest BCUT2D eigenvalue weighted by atomic mass is 16.1. The van der Waals surface area contributed by atoms with E-state index in [9.17, 15) is 4.79 Å². The van der Waals surface area contributed by atoms with Crippen LogP contribution in [0.15, 0.2) is 0 Å². The Morgan fingerprint density at radius 1 is 0.905 bits per heavy atom. The molecule has 1 heteroatoms. The first kappa shape index (κ1) is 15.6. The van der Waals surface area contributed by atoms with Gasteiger partial charge < -0.3 is 4.79 Å². The molecule has 4 aliphatic carbocycles. The van der Waals surface area contributed by atoms with Crippen molar-refractivity contribution in [3.8, 4) is 0 Å². The van der Waals surface area contributed by atoms with Crippen LogP contribution in [-0.4, -0.2) is 6.29 Å². The van der Waals surface area contributed by atoms with E-state index in [1.54, 1.807) is 0 Å². The monoisotopic (exact) mass is 290 g/mol. The molecule has 4 fully saturated rings. The number of aldehydes is 1. The van der Waals surface area contributed by atoms with Gasteiger partial charge in [0, 0.05) is 5.92 Å². The van der Waals surface area contributed by atoms with Crippen molar-refractivity contribution in [1.29, 1.82) is 0 Å². The van der Waals surface area contributed by atoms with Gasteiger partial charge >= 0.3 is 0 Å². The Hall–Kier alpha value is -0.330. The Labute approximate surface area is 131 Å². The van der Waals surface area contributed by atoms with Gasteiger partial charge in [0.25, 0.3) is 0 Å². The zero-order valence-corrected chi connectivity index (χ0v) is 14.0. The molecule has 0 aromatic heterocycles.